The van der Waals surface area contributed by atoms with Crippen LogP contribution in [0.15, 0.2) is 16.6 Å². The minimum Gasteiger partial charge on any atom is -0.496 e. The molecule has 4 heteroatoms. The van der Waals surface area contributed by atoms with Crippen LogP contribution >= 0.6 is 15.9 Å². The molecule has 0 aliphatic rings. The molecule has 1 aromatic rings. The van der Waals surface area contributed by atoms with E-state index in [9.17, 15) is 0 Å². The number of benzene rings is 1. The van der Waals surface area contributed by atoms with Crippen molar-refractivity contribution >= 4 is 15.9 Å². The van der Waals surface area contributed by atoms with Gasteiger partial charge in [0.1, 0.15) is 5.75 Å². The molecule has 1 unspecified atom stereocenters. The summed E-state index contributed by atoms with van der Waals surface area (Å²) >= 11 is 3.44. The standard InChI is InChI=1S/C10H14BrNO2/c1-6-3-4-8(14-2)9(10(6)11)7(12)5-13/h3-4,7,13H,5,12H2,1-2H3. The van der Waals surface area contributed by atoms with Crippen molar-refractivity contribution in [2.75, 3.05) is 13.7 Å². The Morgan fingerprint density at radius 1 is 1.57 bits per heavy atom. The Labute approximate surface area is 92.0 Å². The Morgan fingerprint density at radius 3 is 2.71 bits per heavy atom. The van der Waals surface area contributed by atoms with Crippen LogP contribution in [0, 0.1) is 6.92 Å². The average molecular weight is 260 g/mol. The number of hydrogen-bond acceptors (Lipinski definition) is 3. The lowest BCUT2D eigenvalue weighted by Crippen LogP contribution is -2.16. The Kier molecular flexibility index (Phi) is 3.92. The molecule has 1 rings (SSSR count). The van der Waals surface area contributed by atoms with Crippen molar-refractivity contribution in [2.24, 2.45) is 5.73 Å². The molecule has 78 valence electrons. The van der Waals surface area contributed by atoms with Gasteiger partial charge in [-0.3, -0.25) is 0 Å². The molecule has 0 saturated heterocycles. The lowest BCUT2D eigenvalue weighted by Gasteiger charge is -2.16. The van der Waals surface area contributed by atoms with Crippen LogP contribution in [-0.4, -0.2) is 18.8 Å². The maximum atomic E-state index is 9.02. The maximum Gasteiger partial charge on any atom is 0.124 e. The zero-order valence-corrected chi connectivity index (χ0v) is 9.84. The van der Waals surface area contributed by atoms with Crippen molar-refractivity contribution in [3.05, 3.63) is 27.7 Å². The zero-order valence-electron chi connectivity index (χ0n) is 8.25. The Bertz CT molecular complexity index is 328. The molecule has 0 fully saturated rings. The van der Waals surface area contributed by atoms with E-state index < -0.39 is 6.04 Å². The molecule has 3 N–H and O–H groups in total. The summed E-state index contributed by atoms with van der Waals surface area (Å²) in [6.07, 6.45) is 0. The van der Waals surface area contributed by atoms with E-state index in [4.69, 9.17) is 15.6 Å². The van der Waals surface area contributed by atoms with E-state index in [0.29, 0.717) is 5.75 Å². The number of hydrogen-bond donors (Lipinski definition) is 2. The molecule has 1 aromatic carbocycles. The van der Waals surface area contributed by atoms with Gasteiger partial charge in [-0.2, -0.15) is 0 Å². The molecule has 0 aliphatic heterocycles. The van der Waals surface area contributed by atoms with E-state index in [0.717, 1.165) is 15.6 Å². The molecule has 3 nitrogen and oxygen atoms in total. The van der Waals surface area contributed by atoms with Crippen LogP contribution in [0.3, 0.4) is 0 Å². The first kappa shape index (κ1) is 11.5. The summed E-state index contributed by atoms with van der Waals surface area (Å²) in [6, 6.07) is 3.38. The number of aliphatic hydroxyl groups is 1. The van der Waals surface area contributed by atoms with Gasteiger partial charge in [0.15, 0.2) is 0 Å². The quantitative estimate of drug-likeness (QED) is 0.870. The summed E-state index contributed by atoms with van der Waals surface area (Å²) in [5.41, 5.74) is 7.67. The number of aryl methyl sites for hydroxylation is 1. The van der Waals surface area contributed by atoms with Gasteiger partial charge in [0.2, 0.25) is 0 Å². The van der Waals surface area contributed by atoms with Crippen LogP contribution in [0.5, 0.6) is 5.75 Å². The fraction of sp³-hybridized carbons (Fsp3) is 0.400. The third-order valence-electron chi connectivity index (χ3n) is 2.12. The highest BCUT2D eigenvalue weighted by molar-refractivity contribution is 9.10. The lowest BCUT2D eigenvalue weighted by atomic mass is 10.0. The molecule has 0 aliphatic carbocycles. The molecule has 0 radical (unpaired) electrons. The van der Waals surface area contributed by atoms with Crippen LogP contribution in [0.2, 0.25) is 0 Å². The van der Waals surface area contributed by atoms with E-state index in [1.165, 1.54) is 0 Å². The molecule has 0 bridgehead atoms. The highest BCUT2D eigenvalue weighted by atomic mass is 79.9. The molecule has 0 heterocycles. The monoisotopic (exact) mass is 259 g/mol. The summed E-state index contributed by atoms with van der Waals surface area (Å²) < 4.78 is 6.08. The molecule has 0 spiro atoms. The van der Waals surface area contributed by atoms with Crippen molar-refractivity contribution < 1.29 is 9.84 Å². The molecule has 14 heavy (non-hydrogen) atoms. The molecule has 0 amide bonds. The van der Waals surface area contributed by atoms with E-state index in [-0.39, 0.29) is 6.61 Å². The van der Waals surface area contributed by atoms with Crippen molar-refractivity contribution in [3.8, 4) is 5.75 Å². The minimum absolute atomic E-state index is 0.0988. The molecule has 1 atom stereocenters. The summed E-state index contributed by atoms with van der Waals surface area (Å²) in [6.45, 7) is 1.87. The lowest BCUT2D eigenvalue weighted by molar-refractivity contribution is 0.264. The number of halogens is 1. The van der Waals surface area contributed by atoms with Gasteiger partial charge in [-0.25, -0.2) is 0 Å². The second-order valence-electron chi connectivity index (χ2n) is 3.10. The highest BCUT2D eigenvalue weighted by Crippen LogP contribution is 2.33. The van der Waals surface area contributed by atoms with E-state index in [2.05, 4.69) is 15.9 Å². The van der Waals surface area contributed by atoms with Crippen molar-refractivity contribution in [1.82, 2.24) is 0 Å². The third-order valence-corrected chi connectivity index (χ3v) is 3.17. The third kappa shape index (κ3) is 2.08. The van der Waals surface area contributed by atoms with Gasteiger partial charge in [-0.15, -0.1) is 0 Å². The minimum atomic E-state index is -0.417. The summed E-state index contributed by atoms with van der Waals surface area (Å²) in [5.74, 6) is 0.698. The fourth-order valence-electron chi connectivity index (χ4n) is 1.30. The van der Waals surface area contributed by atoms with Crippen LogP contribution in [0.4, 0.5) is 0 Å². The normalized spacial score (nSPS) is 12.6. The molecule has 0 saturated carbocycles. The van der Waals surface area contributed by atoms with Crippen LogP contribution < -0.4 is 10.5 Å². The first-order chi connectivity index (χ1) is 6.61. The fourth-order valence-corrected chi connectivity index (χ4v) is 1.92. The first-order valence-corrected chi connectivity index (χ1v) is 5.10. The maximum absolute atomic E-state index is 9.02. The second-order valence-corrected chi connectivity index (χ2v) is 3.89. The predicted octanol–water partition coefficient (Wildman–Crippen LogP) is 1.76. The second kappa shape index (κ2) is 4.77. The van der Waals surface area contributed by atoms with E-state index >= 15 is 0 Å². The Balaban J connectivity index is 3.27. The van der Waals surface area contributed by atoms with Gasteiger partial charge in [0, 0.05) is 10.0 Å². The smallest absolute Gasteiger partial charge is 0.124 e. The SMILES string of the molecule is COc1ccc(C)c(Br)c1C(N)CO. The van der Waals surface area contributed by atoms with Gasteiger partial charge < -0.3 is 15.6 Å². The number of methoxy groups -OCH3 is 1. The Hall–Kier alpha value is -0.580. The number of nitrogens with two attached hydrogens (primary N) is 1. The summed E-state index contributed by atoms with van der Waals surface area (Å²) in [7, 11) is 1.59. The van der Waals surface area contributed by atoms with Crippen molar-refractivity contribution in [3.63, 3.8) is 0 Å². The zero-order chi connectivity index (χ0) is 10.7. The van der Waals surface area contributed by atoms with Gasteiger partial charge >= 0.3 is 0 Å². The van der Waals surface area contributed by atoms with E-state index in [1.54, 1.807) is 7.11 Å². The summed E-state index contributed by atoms with van der Waals surface area (Å²) in [5, 5.41) is 9.02. The molecular formula is C10H14BrNO2. The van der Waals surface area contributed by atoms with Crippen LogP contribution in [-0.2, 0) is 0 Å². The van der Waals surface area contributed by atoms with Crippen LogP contribution in [0.1, 0.15) is 17.2 Å². The Morgan fingerprint density at radius 2 is 2.21 bits per heavy atom. The van der Waals surface area contributed by atoms with Crippen LogP contribution in [0.25, 0.3) is 0 Å². The largest absolute Gasteiger partial charge is 0.496 e. The number of aliphatic hydroxyl groups excluding tert-OH is 1. The van der Waals surface area contributed by atoms with Crippen molar-refractivity contribution in [2.45, 2.75) is 13.0 Å². The number of rotatable bonds is 3. The first-order valence-electron chi connectivity index (χ1n) is 4.31. The van der Waals surface area contributed by atoms with Gasteiger partial charge in [0.05, 0.1) is 19.8 Å². The highest BCUT2D eigenvalue weighted by Gasteiger charge is 2.16. The van der Waals surface area contributed by atoms with Gasteiger partial charge in [0.25, 0.3) is 0 Å². The predicted molar refractivity (Wildman–Crippen MR) is 59.4 cm³/mol. The van der Waals surface area contributed by atoms with E-state index in [1.807, 2.05) is 19.1 Å². The van der Waals surface area contributed by atoms with Gasteiger partial charge in [-0.05, 0) is 18.6 Å². The van der Waals surface area contributed by atoms with Crippen molar-refractivity contribution in [1.29, 1.82) is 0 Å². The molecule has 0 aromatic heterocycles. The average Bonchev–Trinajstić information content (AvgIpc) is 2.20. The number of ether oxygens (including phenoxy) is 1. The summed E-state index contributed by atoms with van der Waals surface area (Å²) in [4.78, 5) is 0. The topological polar surface area (TPSA) is 55.5 Å². The molecular weight excluding hydrogens is 246 g/mol. The van der Waals surface area contributed by atoms with Gasteiger partial charge in [-0.1, -0.05) is 22.0 Å².